The van der Waals surface area contributed by atoms with Gasteiger partial charge in [-0.15, -0.1) is 6.42 Å². The van der Waals surface area contributed by atoms with Gasteiger partial charge in [0, 0.05) is 6.10 Å². The third-order valence-electron chi connectivity index (χ3n) is 3.48. The summed E-state index contributed by atoms with van der Waals surface area (Å²) in [6.07, 6.45) is 12.7. The van der Waals surface area contributed by atoms with Crippen molar-refractivity contribution in [2.24, 2.45) is 0 Å². The standard InChI is InChI=1S/C16H31O2.Li/c1-5-7-9-10-12-15-13-14(11-8-6-2)17-16(3,4)18-15;/h15H,5-13H2,1-4H3;/q-1;+1/t15-;/m0./s1. The first kappa shape index (κ1) is 19.5. The van der Waals surface area contributed by atoms with Crippen LogP contribution in [-0.2, 0) is 9.47 Å². The molecule has 0 bridgehead atoms. The fourth-order valence-corrected chi connectivity index (χ4v) is 2.60. The smallest absolute Gasteiger partial charge is 0.524 e. The number of hydrogen-bond acceptors (Lipinski definition) is 2. The Kier molecular flexibility index (Phi) is 10.6. The SMILES string of the molecule is CCCCCC[C@H]1C[C-](CCCC)OC(C)(C)O1.[Li+]. The quantitative estimate of drug-likeness (QED) is 0.379. The van der Waals surface area contributed by atoms with Crippen LogP contribution in [0.5, 0.6) is 0 Å². The summed E-state index contributed by atoms with van der Waals surface area (Å²) in [4.78, 5) is 0. The molecule has 0 aromatic rings. The molecular weight excluding hydrogens is 231 g/mol. The maximum Gasteiger partial charge on any atom is 1.00 e. The van der Waals surface area contributed by atoms with E-state index in [0.717, 1.165) is 12.8 Å². The summed E-state index contributed by atoms with van der Waals surface area (Å²) in [5.74, 6) is -0.420. The first-order valence-corrected chi connectivity index (χ1v) is 7.79. The molecular formula is C16H31LiO2. The minimum Gasteiger partial charge on any atom is -0.524 e. The molecule has 1 aliphatic heterocycles. The Bertz CT molecular complexity index is 219. The van der Waals surface area contributed by atoms with Crippen LogP contribution in [0.2, 0.25) is 0 Å². The molecule has 0 saturated carbocycles. The average molecular weight is 262 g/mol. The van der Waals surface area contributed by atoms with Gasteiger partial charge in [-0.25, -0.2) is 0 Å². The van der Waals surface area contributed by atoms with E-state index in [9.17, 15) is 0 Å². The monoisotopic (exact) mass is 262 g/mol. The second-order valence-corrected chi connectivity index (χ2v) is 5.94. The molecule has 0 aliphatic carbocycles. The van der Waals surface area contributed by atoms with Gasteiger partial charge in [0.1, 0.15) is 5.79 Å². The van der Waals surface area contributed by atoms with Crippen molar-refractivity contribution in [2.75, 3.05) is 0 Å². The first-order chi connectivity index (χ1) is 8.57. The number of hydrogen-bond donors (Lipinski definition) is 0. The summed E-state index contributed by atoms with van der Waals surface area (Å²) in [5, 5.41) is 0. The molecule has 1 heterocycles. The van der Waals surface area contributed by atoms with Crippen LogP contribution in [-0.4, -0.2) is 11.9 Å². The molecule has 0 spiro atoms. The van der Waals surface area contributed by atoms with Crippen LogP contribution in [0.3, 0.4) is 0 Å². The maximum absolute atomic E-state index is 6.02. The predicted molar refractivity (Wildman–Crippen MR) is 76.2 cm³/mol. The van der Waals surface area contributed by atoms with Crippen molar-refractivity contribution in [2.45, 2.75) is 97.4 Å². The van der Waals surface area contributed by atoms with Crippen LogP contribution >= 0.6 is 0 Å². The second kappa shape index (κ2) is 10.3. The minimum atomic E-state index is -0.420. The van der Waals surface area contributed by atoms with Gasteiger partial charge in [0.05, 0.1) is 0 Å². The van der Waals surface area contributed by atoms with Gasteiger partial charge >= 0.3 is 18.9 Å². The van der Waals surface area contributed by atoms with E-state index in [1.165, 1.54) is 51.0 Å². The summed E-state index contributed by atoms with van der Waals surface area (Å²) < 4.78 is 11.9. The molecule has 3 heteroatoms. The van der Waals surface area contributed by atoms with Crippen LogP contribution in [0.1, 0.15) is 85.5 Å². The zero-order valence-electron chi connectivity index (χ0n) is 13.8. The molecule has 0 aromatic carbocycles. The molecule has 1 rings (SSSR count). The fourth-order valence-electron chi connectivity index (χ4n) is 2.60. The van der Waals surface area contributed by atoms with Crippen LogP contribution in [0.4, 0.5) is 0 Å². The second-order valence-electron chi connectivity index (χ2n) is 5.94. The van der Waals surface area contributed by atoms with Crippen molar-refractivity contribution < 1.29 is 28.3 Å². The molecule has 2 nitrogen and oxygen atoms in total. The minimum absolute atomic E-state index is 0. The molecule has 1 saturated heterocycles. The van der Waals surface area contributed by atoms with Crippen LogP contribution < -0.4 is 18.9 Å². The van der Waals surface area contributed by atoms with Crippen molar-refractivity contribution in [1.82, 2.24) is 0 Å². The Morgan fingerprint density at radius 2 is 1.74 bits per heavy atom. The Morgan fingerprint density at radius 1 is 1.05 bits per heavy atom. The Balaban J connectivity index is 0.00000324. The van der Waals surface area contributed by atoms with Gasteiger partial charge in [0.15, 0.2) is 0 Å². The van der Waals surface area contributed by atoms with E-state index in [-0.39, 0.29) is 18.9 Å². The van der Waals surface area contributed by atoms with Crippen molar-refractivity contribution in [3.63, 3.8) is 0 Å². The van der Waals surface area contributed by atoms with E-state index in [4.69, 9.17) is 9.47 Å². The molecule has 108 valence electrons. The third kappa shape index (κ3) is 8.40. The topological polar surface area (TPSA) is 18.5 Å². The molecule has 0 unspecified atom stereocenters. The van der Waals surface area contributed by atoms with E-state index >= 15 is 0 Å². The summed E-state index contributed by atoms with van der Waals surface area (Å²) in [6.45, 7) is 8.56. The summed E-state index contributed by atoms with van der Waals surface area (Å²) in [7, 11) is 0. The average Bonchev–Trinajstić information content (AvgIpc) is 2.30. The predicted octanol–water partition coefficient (Wildman–Crippen LogP) is 2.22. The van der Waals surface area contributed by atoms with Crippen molar-refractivity contribution >= 4 is 0 Å². The molecule has 0 aromatic heterocycles. The van der Waals surface area contributed by atoms with Crippen molar-refractivity contribution in [1.29, 1.82) is 0 Å². The van der Waals surface area contributed by atoms with Gasteiger partial charge in [-0.1, -0.05) is 52.4 Å². The van der Waals surface area contributed by atoms with Crippen LogP contribution in [0.15, 0.2) is 0 Å². The maximum atomic E-state index is 6.02. The van der Waals surface area contributed by atoms with Gasteiger partial charge in [0.2, 0.25) is 0 Å². The van der Waals surface area contributed by atoms with Gasteiger partial charge in [0.25, 0.3) is 0 Å². The fraction of sp³-hybridized carbons (Fsp3) is 0.938. The van der Waals surface area contributed by atoms with E-state index in [1.807, 2.05) is 13.8 Å². The number of ether oxygens (including phenoxy) is 2. The zero-order valence-corrected chi connectivity index (χ0v) is 13.8. The van der Waals surface area contributed by atoms with E-state index in [2.05, 4.69) is 13.8 Å². The van der Waals surface area contributed by atoms with Gasteiger partial charge in [-0.3, -0.25) is 0 Å². The van der Waals surface area contributed by atoms with E-state index in [1.54, 1.807) is 0 Å². The molecule has 0 N–H and O–H groups in total. The van der Waals surface area contributed by atoms with E-state index in [0.29, 0.717) is 6.10 Å². The van der Waals surface area contributed by atoms with Crippen LogP contribution in [0, 0.1) is 6.10 Å². The molecule has 1 aliphatic rings. The third-order valence-corrected chi connectivity index (χ3v) is 3.48. The molecule has 19 heavy (non-hydrogen) atoms. The molecule has 0 amide bonds. The summed E-state index contributed by atoms with van der Waals surface area (Å²) in [5.41, 5.74) is 0. The van der Waals surface area contributed by atoms with E-state index < -0.39 is 5.79 Å². The normalized spacial score (nSPS) is 23.1. The Morgan fingerprint density at radius 3 is 2.37 bits per heavy atom. The molecule has 0 radical (unpaired) electrons. The van der Waals surface area contributed by atoms with Crippen molar-refractivity contribution in [3.8, 4) is 0 Å². The van der Waals surface area contributed by atoms with Gasteiger partial charge in [-0.2, -0.15) is 12.5 Å². The number of unbranched alkanes of at least 4 members (excludes halogenated alkanes) is 4. The number of rotatable bonds is 8. The molecule has 1 fully saturated rings. The first-order valence-electron chi connectivity index (χ1n) is 7.79. The summed E-state index contributed by atoms with van der Waals surface area (Å²) >= 11 is 0. The zero-order chi connectivity index (χ0) is 13.4. The van der Waals surface area contributed by atoms with Gasteiger partial charge in [-0.05, 0) is 20.3 Å². The van der Waals surface area contributed by atoms with Crippen molar-refractivity contribution in [3.05, 3.63) is 6.10 Å². The largest absolute Gasteiger partial charge is 1.00 e. The van der Waals surface area contributed by atoms with Gasteiger partial charge < -0.3 is 9.47 Å². The molecule has 1 atom stereocenters. The van der Waals surface area contributed by atoms with Crippen LogP contribution in [0.25, 0.3) is 0 Å². The Hall–Kier alpha value is 0.517. The summed E-state index contributed by atoms with van der Waals surface area (Å²) in [6, 6.07) is 0. The Labute approximate surface area is 132 Å².